The van der Waals surface area contributed by atoms with Crippen molar-refractivity contribution in [1.29, 1.82) is 0 Å². The number of halogens is 1. The summed E-state index contributed by atoms with van der Waals surface area (Å²) in [7, 11) is 0. The van der Waals surface area contributed by atoms with E-state index >= 15 is 0 Å². The van der Waals surface area contributed by atoms with E-state index in [2.05, 4.69) is 18.4 Å². The van der Waals surface area contributed by atoms with Crippen molar-refractivity contribution in [2.45, 2.75) is 0 Å². The Balaban J connectivity index is 2.55. The van der Waals surface area contributed by atoms with Crippen molar-refractivity contribution >= 4 is 12.5 Å². The molecule has 0 N–H and O–H groups in total. The van der Waals surface area contributed by atoms with Crippen molar-refractivity contribution in [3.63, 3.8) is 0 Å². The standard InChI is InChI=1S/C15H10FNO/c1-2-17-14(7-4-10-18)8-9-15(17)12-5-3-6-13(16)11-12/h2-3,5-6,8-11H,1H2. The first kappa shape index (κ1) is 11.9. The van der Waals surface area contributed by atoms with Gasteiger partial charge in [0.05, 0.1) is 11.4 Å². The smallest absolute Gasteiger partial charge is 0.193 e. The van der Waals surface area contributed by atoms with E-state index in [1.54, 1.807) is 29.0 Å². The molecule has 0 amide bonds. The molecule has 0 spiro atoms. The van der Waals surface area contributed by atoms with Gasteiger partial charge in [0.25, 0.3) is 0 Å². The topological polar surface area (TPSA) is 22.0 Å². The van der Waals surface area contributed by atoms with Crippen LogP contribution in [0.5, 0.6) is 0 Å². The molecular weight excluding hydrogens is 229 g/mol. The number of rotatable bonds is 2. The van der Waals surface area contributed by atoms with Gasteiger partial charge in [0.2, 0.25) is 0 Å². The molecule has 0 bridgehead atoms. The second-order valence-electron chi connectivity index (χ2n) is 3.55. The normalized spacial score (nSPS) is 9.39. The van der Waals surface area contributed by atoms with Crippen LogP contribution in [0.4, 0.5) is 4.39 Å². The lowest BCUT2D eigenvalue weighted by Gasteiger charge is -2.05. The monoisotopic (exact) mass is 239 g/mol. The van der Waals surface area contributed by atoms with Crippen molar-refractivity contribution in [3.8, 4) is 23.1 Å². The molecule has 1 heterocycles. The van der Waals surface area contributed by atoms with Gasteiger partial charge in [0.1, 0.15) is 5.82 Å². The van der Waals surface area contributed by atoms with Crippen LogP contribution in [-0.2, 0) is 4.79 Å². The van der Waals surface area contributed by atoms with Gasteiger partial charge in [-0.3, -0.25) is 4.79 Å². The SMILES string of the molecule is C=Cn1c(C#CC=O)ccc1-c1cccc(F)c1. The maximum Gasteiger partial charge on any atom is 0.193 e. The maximum atomic E-state index is 13.2. The molecule has 0 aliphatic carbocycles. The van der Waals surface area contributed by atoms with Gasteiger partial charge in [-0.25, -0.2) is 4.39 Å². The van der Waals surface area contributed by atoms with Crippen LogP contribution >= 0.6 is 0 Å². The van der Waals surface area contributed by atoms with Crippen LogP contribution in [0.15, 0.2) is 43.0 Å². The van der Waals surface area contributed by atoms with Gasteiger partial charge in [-0.1, -0.05) is 18.7 Å². The lowest BCUT2D eigenvalue weighted by atomic mass is 10.1. The number of benzene rings is 1. The van der Waals surface area contributed by atoms with E-state index in [4.69, 9.17) is 0 Å². The predicted octanol–water partition coefficient (Wildman–Crippen LogP) is 2.95. The van der Waals surface area contributed by atoms with E-state index in [0.717, 1.165) is 11.3 Å². The molecule has 0 saturated heterocycles. The summed E-state index contributed by atoms with van der Waals surface area (Å²) in [5, 5.41) is 0. The van der Waals surface area contributed by atoms with Gasteiger partial charge < -0.3 is 4.57 Å². The molecule has 18 heavy (non-hydrogen) atoms. The summed E-state index contributed by atoms with van der Waals surface area (Å²) >= 11 is 0. The number of hydrogen-bond acceptors (Lipinski definition) is 1. The van der Waals surface area contributed by atoms with Gasteiger partial charge in [-0.15, -0.1) is 0 Å². The molecule has 2 rings (SSSR count). The Hall–Kier alpha value is -2.60. The maximum absolute atomic E-state index is 13.2. The molecule has 2 aromatic rings. The highest BCUT2D eigenvalue weighted by Crippen LogP contribution is 2.23. The zero-order valence-corrected chi connectivity index (χ0v) is 9.56. The molecule has 0 fully saturated rings. The van der Waals surface area contributed by atoms with Crippen LogP contribution in [0.3, 0.4) is 0 Å². The molecule has 1 aromatic heterocycles. The average molecular weight is 239 g/mol. The molecule has 0 radical (unpaired) electrons. The molecule has 88 valence electrons. The van der Waals surface area contributed by atoms with Gasteiger partial charge >= 0.3 is 0 Å². The van der Waals surface area contributed by atoms with Crippen molar-refractivity contribution in [2.24, 2.45) is 0 Å². The van der Waals surface area contributed by atoms with Crippen LogP contribution < -0.4 is 0 Å². The Labute approximate surface area is 104 Å². The van der Waals surface area contributed by atoms with E-state index in [-0.39, 0.29) is 5.82 Å². The number of aromatic nitrogens is 1. The summed E-state index contributed by atoms with van der Waals surface area (Å²) in [5.74, 6) is 4.74. The third-order valence-electron chi connectivity index (χ3n) is 2.48. The third-order valence-corrected chi connectivity index (χ3v) is 2.48. The van der Waals surface area contributed by atoms with Crippen molar-refractivity contribution < 1.29 is 9.18 Å². The zero-order chi connectivity index (χ0) is 13.0. The summed E-state index contributed by atoms with van der Waals surface area (Å²) in [6.45, 7) is 3.69. The summed E-state index contributed by atoms with van der Waals surface area (Å²) in [5.41, 5.74) is 2.14. The molecular formula is C15H10FNO. The van der Waals surface area contributed by atoms with Crippen LogP contribution in [-0.4, -0.2) is 10.9 Å². The fourth-order valence-corrected chi connectivity index (χ4v) is 1.73. The fraction of sp³-hybridized carbons (Fsp3) is 0. The number of aldehydes is 1. The van der Waals surface area contributed by atoms with E-state index < -0.39 is 0 Å². The first-order valence-corrected chi connectivity index (χ1v) is 5.31. The van der Waals surface area contributed by atoms with Crippen LogP contribution in [0.1, 0.15) is 5.69 Å². The predicted molar refractivity (Wildman–Crippen MR) is 69.2 cm³/mol. The van der Waals surface area contributed by atoms with E-state index in [9.17, 15) is 9.18 Å². The van der Waals surface area contributed by atoms with Gasteiger partial charge in [-0.2, -0.15) is 0 Å². The van der Waals surface area contributed by atoms with E-state index in [1.165, 1.54) is 12.1 Å². The van der Waals surface area contributed by atoms with Gasteiger partial charge in [-0.05, 0) is 36.1 Å². The van der Waals surface area contributed by atoms with E-state index in [0.29, 0.717) is 12.0 Å². The molecule has 2 nitrogen and oxygen atoms in total. The minimum Gasteiger partial charge on any atom is -0.310 e. The third kappa shape index (κ3) is 2.23. The highest BCUT2D eigenvalue weighted by Gasteiger charge is 2.07. The highest BCUT2D eigenvalue weighted by atomic mass is 19.1. The quantitative estimate of drug-likeness (QED) is 0.583. The molecule has 3 heteroatoms. The molecule has 1 aromatic carbocycles. The summed E-state index contributed by atoms with van der Waals surface area (Å²) in [6.07, 6.45) is 2.11. The van der Waals surface area contributed by atoms with Crippen molar-refractivity contribution in [2.75, 3.05) is 0 Å². The zero-order valence-electron chi connectivity index (χ0n) is 9.56. The molecule has 0 aliphatic heterocycles. The van der Waals surface area contributed by atoms with Gasteiger partial charge in [0, 0.05) is 11.8 Å². The average Bonchev–Trinajstić information content (AvgIpc) is 2.79. The Kier molecular flexibility index (Phi) is 3.40. The first-order chi connectivity index (χ1) is 8.76. The Bertz CT molecular complexity index is 659. The Morgan fingerprint density at radius 3 is 2.78 bits per heavy atom. The lowest BCUT2D eigenvalue weighted by molar-refractivity contribution is -0.103. The number of hydrogen-bond donors (Lipinski definition) is 0. The Morgan fingerprint density at radius 1 is 1.28 bits per heavy atom. The summed E-state index contributed by atoms with van der Waals surface area (Å²) < 4.78 is 14.9. The molecule has 0 unspecified atom stereocenters. The van der Waals surface area contributed by atoms with Crippen LogP contribution in [0.2, 0.25) is 0 Å². The van der Waals surface area contributed by atoms with Gasteiger partial charge in [0.15, 0.2) is 6.29 Å². The largest absolute Gasteiger partial charge is 0.310 e. The van der Waals surface area contributed by atoms with Crippen molar-refractivity contribution in [3.05, 3.63) is 54.5 Å². The Morgan fingerprint density at radius 2 is 2.11 bits per heavy atom. The van der Waals surface area contributed by atoms with Crippen LogP contribution in [0, 0.1) is 17.7 Å². The van der Waals surface area contributed by atoms with Crippen LogP contribution in [0.25, 0.3) is 17.5 Å². The number of carbonyl (C=O) groups excluding carboxylic acids is 1. The lowest BCUT2D eigenvalue weighted by Crippen LogP contribution is -1.93. The van der Waals surface area contributed by atoms with Crippen molar-refractivity contribution in [1.82, 2.24) is 4.57 Å². The first-order valence-electron chi connectivity index (χ1n) is 5.31. The molecule has 0 aliphatic rings. The minimum atomic E-state index is -0.301. The summed E-state index contributed by atoms with van der Waals surface area (Å²) in [4.78, 5) is 10.2. The highest BCUT2D eigenvalue weighted by molar-refractivity contribution is 5.74. The molecule has 0 saturated carbocycles. The number of carbonyl (C=O) groups is 1. The molecule has 0 atom stereocenters. The number of nitrogens with zero attached hydrogens (tertiary/aromatic N) is 1. The van der Waals surface area contributed by atoms with E-state index in [1.807, 2.05) is 6.07 Å². The second-order valence-corrected chi connectivity index (χ2v) is 3.55. The minimum absolute atomic E-state index is 0.301. The second kappa shape index (κ2) is 5.15. The fourth-order valence-electron chi connectivity index (χ4n) is 1.73. The summed E-state index contributed by atoms with van der Waals surface area (Å²) in [6, 6.07) is 9.84.